The van der Waals surface area contributed by atoms with Crippen molar-refractivity contribution in [2.45, 2.75) is 44.7 Å². The first-order valence-electron chi connectivity index (χ1n) is 11.1. The van der Waals surface area contributed by atoms with E-state index in [-0.39, 0.29) is 23.6 Å². The molecule has 2 saturated heterocycles. The van der Waals surface area contributed by atoms with E-state index in [1.54, 1.807) is 6.07 Å². The Labute approximate surface area is 189 Å². The van der Waals surface area contributed by atoms with E-state index >= 15 is 0 Å². The Morgan fingerprint density at radius 1 is 1.03 bits per heavy atom. The fraction of sp³-hybridized carbons (Fsp3) is 0.458. The lowest BCUT2D eigenvalue weighted by Crippen LogP contribution is -2.45. The lowest BCUT2D eigenvalue weighted by Gasteiger charge is -2.35. The van der Waals surface area contributed by atoms with Gasteiger partial charge in [-0.2, -0.15) is 0 Å². The van der Waals surface area contributed by atoms with Gasteiger partial charge >= 0.3 is 0 Å². The number of piperidine rings is 1. The molecule has 1 amide bonds. The first-order valence-corrected chi connectivity index (χ1v) is 12.9. The van der Waals surface area contributed by atoms with Gasteiger partial charge in [-0.05, 0) is 68.5 Å². The fourth-order valence-electron chi connectivity index (χ4n) is 4.74. The predicted octanol–water partition coefficient (Wildman–Crippen LogP) is 3.49. The van der Waals surface area contributed by atoms with Crippen molar-refractivity contribution in [3.63, 3.8) is 0 Å². The van der Waals surface area contributed by atoms with Crippen molar-refractivity contribution in [3.05, 3.63) is 65.0 Å². The quantitative estimate of drug-likeness (QED) is 0.718. The zero-order valence-corrected chi connectivity index (χ0v) is 19.4. The maximum atomic E-state index is 14.4. The molecule has 2 aromatic rings. The number of carbonyl (C=O) groups is 1. The second kappa shape index (κ2) is 9.19. The number of anilines is 1. The molecule has 1 N–H and O–H groups in total. The van der Waals surface area contributed by atoms with Crippen LogP contribution in [0.3, 0.4) is 0 Å². The maximum absolute atomic E-state index is 14.4. The molecule has 0 aliphatic carbocycles. The fourth-order valence-corrected chi connectivity index (χ4v) is 5.31. The Balaban J connectivity index is 1.33. The molecular formula is C24H30FN3O3S. The number of hydrogen-bond donors (Lipinski definition) is 1. The number of nitrogens with one attached hydrogen (secondary N) is 1. The third-order valence-electron chi connectivity index (χ3n) is 6.49. The molecule has 0 bridgehead atoms. The molecule has 2 fully saturated rings. The Morgan fingerprint density at radius 3 is 2.34 bits per heavy atom. The predicted molar refractivity (Wildman–Crippen MR) is 123 cm³/mol. The molecule has 32 heavy (non-hydrogen) atoms. The topological polar surface area (TPSA) is 69.7 Å². The molecule has 2 aromatic carbocycles. The van der Waals surface area contributed by atoms with Gasteiger partial charge in [-0.25, -0.2) is 12.8 Å². The minimum atomic E-state index is -3.52. The van der Waals surface area contributed by atoms with Crippen molar-refractivity contribution < 1.29 is 17.6 Å². The number of likely N-dealkylation sites (tertiary alicyclic amines) is 2. The number of aryl methyl sites for hydroxylation is 1. The van der Waals surface area contributed by atoms with Gasteiger partial charge in [-0.3, -0.25) is 14.4 Å². The SMILES string of the molecule is Cc1ccc(CN2CC[C@@H](N3CCC(c4ccc(NS(C)(=O)=O)c(F)c4)CC3)C2=O)cc1. The number of halogens is 1. The van der Waals surface area contributed by atoms with Gasteiger partial charge in [-0.1, -0.05) is 35.9 Å². The molecule has 1 atom stereocenters. The monoisotopic (exact) mass is 459 g/mol. The molecule has 4 rings (SSSR count). The van der Waals surface area contributed by atoms with E-state index in [0.29, 0.717) is 6.54 Å². The van der Waals surface area contributed by atoms with Crippen LogP contribution in [-0.2, 0) is 21.4 Å². The summed E-state index contributed by atoms with van der Waals surface area (Å²) in [6.45, 7) is 5.07. The van der Waals surface area contributed by atoms with Gasteiger partial charge in [0.25, 0.3) is 0 Å². The van der Waals surface area contributed by atoms with Gasteiger partial charge < -0.3 is 4.90 Å². The summed E-state index contributed by atoms with van der Waals surface area (Å²) in [6, 6.07) is 12.9. The molecule has 0 unspecified atom stereocenters. The third-order valence-corrected chi connectivity index (χ3v) is 7.08. The molecule has 0 saturated carbocycles. The first-order chi connectivity index (χ1) is 15.2. The van der Waals surface area contributed by atoms with E-state index in [1.165, 1.54) is 17.7 Å². The third kappa shape index (κ3) is 5.30. The summed E-state index contributed by atoms with van der Waals surface area (Å²) in [5.74, 6) is -0.160. The Morgan fingerprint density at radius 2 is 1.72 bits per heavy atom. The van der Waals surface area contributed by atoms with Crippen molar-refractivity contribution >= 4 is 21.6 Å². The molecule has 2 heterocycles. The Hall–Kier alpha value is -2.45. The van der Waals surface area contributed by atoms with Gasteiger partial charge in [0, 0.05) is 13.1 Å². The van der Waals surface area contributed by atoms with Crippen LogP contribution in [0.4, 0.5) is 10.1 Å². The van der Waals surface area contributed by atoms with E-state index in [2.05, 4.69) is 40.8 Å². The lowest BCUT2D eigenvalue weighted by molar-refractivity contribution is -0.133. The molecule has 6 nitrogen and oxygen atoms in total. The lowest BCUT2D eigenvalue weighted by atomic mass is 9.88. The average molecular weight is 460 g/mol. The highest BCUT2D eigenvalue weighted by Crippen LogP contribution is 2.32. The van der Waals surface area contributed by atoms with Crippen LogP contribution in [-0.4, -0.2) is 56.1 Å². The van der Waals surface area contributed by atoms with Gasteiger partial charge in [0.1, 0.15) is 5.82 Å². The molecule has 0 radical (unpaired) electrons. The second-order valence-electron chi connectivity index (χ2n) is 8.97. The number of nitrogens with zero attached hydrogens (tertiary/aromatic N) is 2. The molecule has 8 heteroatoms. The van der Waals surface area contributed by atoms with E-state index in [0.717, 1.165) is 56.3 Å². The Kier molecular flexibility index (Phi) is 6.53. The number of rotatable bonds is 6. The summed E-state index contributed by atoms with van der Waals surface area (Å²) in [4.78, 5) is 17.2. The van der Waals surface area contributed by atoms with E-state index in [9.17, 15) is 17.6 Å². The molecule has 2 aliphatic heterocycles. The highest BCUT2D eigenvalue weighted by molar-refractivity contribution is 7.92. The van der Waals surface area contributed by atoms with E-state index in [4.69, 9.17) is 0 Å². The summed E-state index contributed by atoms with van der Waals surface area (Å²) in [7, 11) is -3.52. The highest BCUT2D eigenvalue weighted by Gasteiger charge is 2.37. The largest absolute Gasteiger partial charge is 0.337 e. The molecule has 172 valence electrons. The minimum Gasteiger partial charge on any atom is -0.337 e. The van der Waals surface area contributed by atoms with Crippen molar-refractivity contribution in [1.29, 1.82) is 0 Å². The summed E-state index contributed by atoms with van der Waals surface area (Å²) in [5.41, 5.74) is 3.21. The summed E-state index contributed by atoms with van der Waals surface area (Å²) < 4.78 is 39.3. The normalized spacial score (nSPS) is 20.7. The van der Waals surface area contributed by atoms with Gasteiger partial charge in [0.05, 0.1) is 18.0 Å². The molecular weight excluding hydrogens is 429 g/mol. The van der Waals surface area contributed by atoms with Crippen LogP contribution in [0.5, 0.6) is 0 Å². The minimum absolute atomic E-state index is 0.0288. The van der Waals surface area contributed by atoms with Crippen LogP contribution in [0.1, 0.15) is 41.9 Å². The van der Waals surface area contributed by atoms with E-state index in [1.807, 2.05) is 4.90 Å². The number of sulfonamides is 1. The number of carbonyl (C=O) groups excluding carboxylic acids is 1. The van der Waals surface area contributed by atoms with Crippen LogP contribution in [0.15, 0.2) is 42.5 Å². The van der Waals surface area contributed by atoms with Gasteiger partial charge in [0.2, 0.25) is 15.9 Å². The highest BCUT2D eigenvalue weighted by atomic mass is 32.2. The van der Waals surface area contributed by atoms with Gasteiger partial charge in [-0.15, -0.1) is 0 Å². The zero-order valence-electron chi connectivity index (χ0n) is 18.6. The number of hydrogen-bond acceptors (Lipinski definition) is 4. The summed E-state index contributed by atoms with van der Waals surface area (Å²) in [5, 5.41) is 0. The molecule has 0 spiro atoms. The van der Waals surface area contributed by atoms with Crippen molar-refractivity contribution in [1.82, 2.24) is 9.80 Å². The second-order valence-corrected chi connectivity index (χ2v) is 10.7. The standard InChI is InChI=1S/C24H30FN3O3S/c1-17-3-5-18(6-4-17)16-28-14-11-23(24(28)29)27-12-9-19(10-13-27)20-7-8-22(21(25)15-20)26-32(2,30)31/h3-8,15,19,23,26H,9-14,16H2,1-2H3/t23-/m1/s1. The Bertz CT molecular complexity index is 1080. The first kappa shape index (κ1) is 22.7. The van der Waals surface area contributed by atoms with E-state index < -0.39 is 15.8 Å². The maximum Gasteiger partial charge on any atom is 0.240 e. The average Bonchev–Trinajstić information content (AvgIpc) is 3.10. The van der Waals surface area contributed by atoms with Crippen LogP contribution in [0, 0.1) is 12.7 Å². The van der Waals surface area contributed by atoms with Crippen molar-refractivity contribution in [3.8, 4) is 0 Å². The molecule has 2 aliphatic rings. The summed E-state index contributed by atoms with van der Waals surface area (Å²) in [6.07, 6.45) is 3.54. The van der Waals surface area contributed by atoms with Crippen molar-refractivity contribution in [2.75, 3.05) is 30.6 Å². The van der Waals surface area contributed by atoms with Crippen LogP contribution >= 0.6 is 0 Å². The van der Waals surface area contributed by atoms with Crippen LogP contribution < -0.4 is 4.72 Å². The smallest absolute Gasteiger partial charge is 0.240 e. The molecule has 0 aromatic heterocycles. The van der Waals surface area contributed by atoms with Crippen molar-refractivity contribution in [2.24, 2.45) is 0 Å². The van der Waals surface area contributed by atoms with Crippen LogP contribution in [0.25, 0.3) is 0 Å². The summed E-state index contributed by atoms with van der Waals surface area (Å²) >= 11 is 0. The van der Waals surface area contributed by atoms with Gasteiger partial charge in [0.15, 0.2) is 0 Å². The zero-order chi connectivity index (χ0) is 22.9. The number of amides is 1. The number of benzene rings is 2. The van der Waals surface area contributed by atoms with Crippen LogP contribution in [0.2, 0.25) is 0 Å².